The first-order valence-electron chi connectivity index (χ1n) is 14.5. The first kappa shape index (κ1) is 25.9. The molecule has 0 amide bonds. The molecule has 4 rings (SSSR count). The van der Waals surface area contributed by atoms with Gasteiger partial charge in [-0.2, -0.15) is 0 Å². The van der Waals surface area contributed by atoms with Gasteiger partial charge < -0.3 is 20.4 Å². The number of hydrogen-bond acceptors (Lipinski definition) is 4. The van der Waals surface area contributed by atoms with Gasteiger partial charge in [-0.25, -0.2) is 0 Å². The predicted molar refractivity (Wildman–Crippen MR) is 133 cm³/mol. The lowest BCUT2D eigenvalue weighted by atomic mass is 9.63. The van der Waals surface area contributed by atoms with Crippen LogP contribution in [-0.2, 0) is 0 Å². The average Bonchev–Trinajstić information content (AvgIpc) is 2.78. The van der Waals surface area contributed by atoms with Crippen LogP contribution in [0.25, 0.3) is 0 Å². The highest BCUT2D eigenvalue weighted by molar-refractivity contribution is 4.92. The van der Waals surface area contributed by atoms with Crippen molar-refractivity contribution in [3.8, 4) is 0 Å². The lowest BCUT2D eigenvalue weighted by Gasteiger charge is -2.45. The van der Waals surface area contributed by atoms with E-state index in [1.807, 2.05) is 0 Å². The molecule has 0 aliphatic heterocycles. The van der Waals surface area contributed by atoms with Crippen molar-refractivity contribution in [1.82, 2.24) is 0 Å². The first-order valence-corrected chi connectivity index (χ1v) is 14.5. The molecule has 8 unspecified atom stereocenters. The van der Waals surface area contributed by atoms with Crippen LogP contribution in [0, 0.1) is 47.3 Å². The van der Waals surface area contributed by atoms with E-state index < -0.39 is 0 Å². The summed E-state index contributed by atoms with van der Waals surface area (Å²) >= 11 is 0. The van der Waals surface area contributed by atoms with E-state index in [0.29, 0.717) is 35.5 Å². The van der Waals surface area contributed by atoms with Gasteiger partial charge in [-0.05, 0) is 144 Å². The van der Waals surface area contributed by atoms with E-state index in [1.165, 1.54) is 12.8 Å². The molecule has 4 aliphatic carbocycles. The van der Waals surface area contributed by atoms with Gasteiger partial charge in [0.1, 0.15) is 0 Å². The molecule has 0 heterocycles. The van der Waals surface area contributed by atoms with E-state index in [-0.39, 0.29) is 24.4 Å². The number of hydrogen-bond donors (Lipinski definition) is 4. The molecule has 0 radical (unpaired) electrons. The minimum Gasteiger partial charge on any atom is -0.393 e. The second kappa shape index (κ2) is 11.7. The molecule has 192 valence electrons. The van der Waals surface area contributed by atoms with Crippen molar-refractivity contribution < 1.29 is 20.4 Å². The third-order valence-electron chi connectivity index (χ3n) is 10.4. The molecule has 4 fully saturated rings. The van der Waals surface area contributed by atoms with E-state index in [0.717, 1.165) is 95.3 Å². The smallest absolute Gasteiger partial charge is 0.0594 e. The van der Waals surface area contributed by atoms with Crippen molar-refractivity contribution in [2.45, 2.75) is 135 Å². The Bertz CT molecular complexity index is 530. The van der Waals surface area contributed by atoms with Crippen LogP contribution in [0.5, 0.6) is 0 Å². The van der Waals surface area contributed by atoms with Crippen LogP contribution in [0.4, 0.5) is 0 Å². The van der Waals surface area contributed by atoms with E-state index in [9.17, 15) is 20.4 Å². The summed E-state index contributed by atoms with van der Waals surface area (Å²) in [7, 11) is 0. The van der Waals surface area contributed by atoms with Crippen LogP contribution in [0.3, 0.4) is 0 Å². The van der Waals surface area contributed by atoms with Gasteiger partial charge in [0.25, 0.3) is 0 Å². The minimum atomic E-state index is -0.225. The molecule has 4 heteroatoms. The van der Waals surface area contributed by atoms with Crippen molar-refractivity contribution >= 4 is 0 Å². The largest absolute Gasteiger partial charge is 0.393 e. The van der Waals surface area contributed by atoms with Crippen LogP contribution in [0.1, 0.15) is 110 Å². The molecule has 8 atom stereocenters. The maximum atomic E-state index is 11.1. The Morgan fingerprint density at radius 1 is 0.455 bits per heavy atom. The molecule has 0 aromatic heterocycles. The molecule has 0 bridgehead atoms. The quantitative estimate of drug-likeness (QED) is 0.430. The number of aliphatic hydroxyl groups is 4. The molecular weight excluding hydrogens is 412 g/mol. The summed E-state index contributed by atoms with van der Waals surface area (Å²) in [4.78, 5) is 0. The second-order valence-corrected chi connectivity index (χ2v) is 13.2. The van der Waals surface area contributed by atoms with Gasteiger partial charge in [0, 0.05) is 0 Å². The minimum absolute atomic E-state index is 0.0810. The van der Waals surface area contributed by atoms with E-state index in [1.54, 1.807) is 0 Å². The fourth-order valence-electron chi connectivity index (χ4n) is 8.54. The van der Waals surface area contributed by atoms with Crippen molar-refractivity contribution in [2.75, 3.05) is 0 Å². The maximum absolute atomic E-state index is 11.1. The number of rotatable bonds is 6. The zero-order valence-corrected chi connectivity index (χ0v) is 21.3. The molecule has 4 saturated carbocycles. The SMILES string of the molecule is CC1CC(CC2CCC(O)CC2)CC(CC2CC(CC3CCC(O)CC3)CC(C)C2O)C1O. The Hall–Kier alpha value is -0.160. The lowest BCUT2D eigenvalue weighted by Crippen LogP contribution is -2.42. The summed E-state index contributed by atoms with van der Waals surface area (Å²) in [5, 5.41) is 41.9. The zero-order chi connectivity index (χ0) is 23.5. The molecule has 4 nitrogen and oxygen atoms in total. The van der Waals surface area contributed by atoms with Crippen molar-refractivity contribution in [3.63, 3.8) is 0 Å². The first-order chi connectivity index (χ1) is 15.8. The maximum Gasteiger partial charge on any atom is 0.0594 e. The topological polar surface area (TPSA) is 80.9 Å². The molecule has 0 saturated heterocycles. The Labute approximate surface area is 202 Å². The van der Waals surface area contributed by atoms with Gasteiger partial charge in [0.05, 0.1) is 24.4 Å². The molecular formula is C29H52O4. The van der Waals surface area contributed by atoms with Crippen LogP contribution in [0.2, 0.25) is 0 Å². The Morgan fingerprint density at radius 2 is 0.818 bits per heavy atom. The van der Waals surface area contributed by atoms with Crippen LogP contribution >= 0.6 is 0 Å². The zero-order valence-electron chi connectivity index (χ0n) is 21.3. The Kier molecular flexibility index (Phi) is 9.20. The van der Waals surface area contributed by atoms with Gasteiger partial charge in [-0.15, -0.1) is 0 Å². The van der Waals surface area contributed by atoms with Crippen molar-refractivity contribution in [1.29, 1.82) is 0 Å². The van der Waals surface area contributed by atoms with Crippen LogP contribution < -0.4 is 0 Å². The Morgan fingerprint density at radius 3 is 1.18 bits per heavy atom. The van der Waals surface area contributed by atoms with Gasteiger partial charge in [-0.3, -0.25) is 0 Å². The lowest BCUT2D eigenvalue weighted by molar-refractivity contribution is -0.0515. The van der Waals surface area contributed by atoms with E-state index >= 15 is 0 Å². The summed E-state index contributed by atoms with van der Waals surface area (Å²) in [5.41, 5.74) is 0. The third-order valence-corrected chi connectivity index (χ3v) is 10.4. The van der Waals surface area contributed by atoms with Gasteiger partial charge in [0.15, 0.2) is 0 Å². The van der Waals surface area contributed by atoms with Crippen molar-refractivity contribution in [3.05, 3.63) is 0 Å². The van der Waals surface area contributed by atoms with Crippen LogP contribution in [0.15, 0.2) is 0 Å². The summed E-state index contributed by atoms with van der Waals surface area (Å²) in [6.45, 7) is 4.46. The molecule has 0 aromatic carbocycles. The summed E-state index contributed by atoms with van der Waals surface area (Å²) < 4.78 is 0. The molecule has 0 spiro atoms. The van der Waals surface area contributed by atoms with Gasteiger partial charge in [0.2, 0.25) is 0 Å². The Balaban J connectivity index is 1.32. The highest BCUT2D eigenvalue weighted by Gasteiger charge is 2.41. The third kappa shape index (κ3) is 6.96. The molecule has 4 aliphatic rings. The fourth-order valence-corrected chi connectivity index (χ4v) is 8.54. The highest BCUT2D eigenvalue weighted by Crippen LogP contribution is 2.46. The average molecular weight is 465 g/mol. The molecule has 4 N–H and O–H groups in total. The van der Waals surface area contributed by atoms with Gasteiger partial charge in [-0.1, -0.05) is 13.8 Å². The number of aliphatic hydroxyl groups excluding tert-OH is 4. The summed E-state index contributed by atoms with van der Waals surface area (Å²) in [6.07, 6.45) is 15.9. The second-order valence-electron chi connectivity index (χ2n) is 13.2. The van der Waals surface area contributed by atoms with E-state index in [4.69, 9.17) is 0 Å². The predicted octanol–water partition coefficient (Wildman–Crippen LogP) is 5.31. The standard InChI is InChI=1S/C29H52O4/c1-18-11-22(13-20-3-7-26(30)8-4-20)15-24(28(18)32)17-25-16-23(12-19(2)29(25)33)14-21-5-9-27(31)10-6-21/h18-33H,3-17H2,1-2H3. The van der Waals surface area contributed by atoms with E-state index in [2.05, 4.69) is 13.8 Å². The normalized spacial score (nSPS) is 49.6. The summed E-state index contributed by atoms with van der Waals surface area (Å²) in [5.74, 6) is 4.23. The molecule has 0 aromatic rings. The van der Waals surface area contributed by atoms with Crippen molar-refractivity contribution in [2.24, 2.45) is 47.3 Å². The van der Waals surface area contributed by atoms with Crippen LogP contribution in [-0.4, -0.2) is 44.8 Å². The monoisotopic (exact) mass is 464 g/mol. The summed E-state index contributed by atoms with van der Waals surface area (Å²) in [6, 6.07) is 0. The fraction of sp³-hybridized carbons (Fsp3) is 1.00. The van der Waals surface area contributed by atoms with Gasteiger partial charge >= 0.3 is 0 Å². The molecule has 33 heavy (non-hydrogen) atoms. The highest BCUT2D eigenvalue weighted by atomic mass is 16.3.